The van der Waals surface area contributed by atoms with Gasteiger partial charge in [0.2, 0.25) is 5.91 Å². The van der Waals surface area contributed by atoms with Gasteiger partial charge < -0.3 is 15.7 Å². The molecule has 0 aliphatic carbocycles. The molecule has 5 nitrogen and oxygen atoms in total. The van der Waals surface area contributed by atoms with E-state index in [-0.39, 0.29) is 11.5 Å². The van der Waals surface area contributed by atoms with Gasteiger partial charge in [0, 0.05) is 24.7 Å². The number of hydrogen-bond acceptors (Lipinski definition) is 3. The predicted octanol–water partition coefficient (Wildman–Crippen LogP) is 2.33. The number of carboxylic acids is 1. The van der Waals surface area contributed by atoms with Crippen LogP contribution in [0.25, 0.3) is 0 Å². The third kappa shape index (κ3) is 4.66. The molecular weight excluding hydrogens is 256 g/mol. The molecule has 3 N–H and O–H groups in total. The van der Waals surface area contributed by atoms with Crippen molar-refractivity contribution < 1.29 is 14.7 Å². The molecule has 0 aliphatic heterocycles. The van der Waals surface area contributed by atoms with Gasteiger partial charge in [0.1, 0.15) is 0 Å². The lowest BCUT2D eigenvalue weighted by Crippen LogP contribution is -2.27. The fraction of sp³-hybridized carbons (Fsp3) is 0.467. The number of aromatic carboxylic acids is 1. The number of rotatable bonds is 6. The highest BCUT2D eigenvalue weighted by atomic mass is 16.4. The molecule has 110 valence electrons. The van der Waals surface area contributed by atoms with E-state index in [2.05, 4.69) is 10.6 Å². The van der Waals surface area contributed by atoms with E-state index >= 15 is 0 Å². The molecule has 0 fully saturated rings. The monoisotopic (exact) mass is 278 g/mol. The Morgan fingerprint density at radius 1 is 1.25 bits per heavy atom. The van der Waals surface area contributed by atoms with Crippen LogP contribution in [0.4, 0.5) is 5.69 Å². The largest absolute Gasteiger partial charge is 0.478 e. The van der Waals surface area contributed by atoms with Gasteiger partial charge >= 0.3 is 5.97 Å². The number of anilines is 1. The van der Waals surface area contributed by atoms with Crippen LogP contribution in [0.15, 0.2) is 12.1 Å². The van der Waals surface area contributed by atoms with Crippen LogP contribution in [-0.2, 0) is 4.79 Å². The number of amides is 1. The molecule has 1 rings (SSSR count). The van der Waals surface area contributed by atoms with E-state index in [4.69, 9.17) is 5.11 Å². The third-order valence-corrected chi connectivity index (χ3v) is 3.09. The predicted molar refractivity (Wildman–Crippen MR) is 79.3 cm³/mol. The van der Waals surface area contributed by atoms with E-state index < -0.39 is 5.97 Å². The lowest BCUT2D eigenvalue weighted by Gasteiger charge is -2.11. The molecule has 0 atom stereocenters. The number of benzene rings is 1. The van der Waals surface area contributed by atoms with E-state index in [9.17, 15) is 9.59 Å². The highest BCUT2D eigenvalue weighted by molar-refractivity contribution is 5.95. The Bertz CT molecular complexity index is 510. The van der Waals surface area contributed by atoms with Crippen LogP contribution in [0.3, 0.4) is 0 Å². The number of nitrogens with one attached hydrogen (secondary N) is 2. The van der Waals surface area contributed by atoms with Crippen LogP contribution in [0.2, 0.25) is 0 Å². The number of carbonyl (C=O) groups excluding carboxylic acids is 1. The van der Waals surface area contributed by atoms with Crippen LogP contribution in [0, 0.1) is 13.8 Å². The Labute approximate surface area is 119 Å². The number of hydrogen-bond donors (Lipinski definition) is 3. The Morgan fingerprint density at radius 3 is 2.45 bits per heavy atom. The quantitative estimate of drug-likeness (QED) is 0.746. The molecule has 0 aromatic heterocycles. The summed E-state index contributed by atoms with van der Waals surface area (Å²) >= 11 is 0. The number of aryl methyl sites for hydroxylation is 1. The maximum absolute atomic E-state index is 11.8. The summed E-state index contributed by atoms with van der Waals surface area (Å²) in [5.74, 6) is -1.11. The zero-order chi connectivity index (χ0) is 15.3. The van der Waals surface area contributed by atoms with Gasteiger partial charge in [-0.2, -0.15) is 0 Å². The Kier molecular flexibility index (Phi) is 5.70. The molecule has 0 saturated carbocycles. The zero-order valence-corrected chi connectivity index (χ0v) is 12.4. The molecule has 0 bridgehead atoms. The Morgan fingerprint density at radius 2 is 1.90 bits per heavy atom. The van der Waals surface area contributed by atoms with Gasteiger partial charge in [0.15, 0.2) is 0 Å². The average molecular weight is 278 g/mol. The third-order valence-electron chi connectivity index (χ3n) is 3.09. The summed E-state index contributed by atoms with van der Waals surface area (Å²) in [7, 11) is 0. The van der Waals surface area contributed by atoms with E-state index in [1.807, 2.05) is 20.8 Å². The molecule has 0 heterocycles. The van der Waals surface area contributed by atoms with Gasteiger partial charge in [-0.1, -0.05) is 13.8 Å². The SMILES string of the molecule is Cc1cc(NC(=O)CCNC(C)C)cc(C(=O)O)c1C. The van der Waals surface area contributed by atoms with Gasteiger partial charge in [0.05, 0.1) is 5.56 Å². The molecule has 0 saturated heterocycles. The maximum atomic E-state index is 11.8. The molecule has 0 unspecified atom stereocenters. The van der Waals surface area contributed by atoms with Crippen LogP contribution in [0.1, 0.15) is 41.8 Å². The molecular formula is C15H22N2O3. The summed E-state index contributed by atoms with van der Waals surface area (Å²) < 4.78 is 0. The molecule has 1 aromatic carbocycles. The van der Waals surface area contributed by atoms with Crippen molar-refractivity contribution in [2.75, 3.05) is 11.9 Å². The van der Waals surface area contributed by atoms with Crippen molar-refractivity contribution in [1.82, 2.24) is 5.32 Å². The van der Waals surface area contributed by atoms with E-state index in [0.29, 0.717) is 24.7 Å². The standard InChI is InChI=1S/C15H22N2O3/c1-9(2)16-6-5-14(18)17-12-7-10(3)11(4)13(8-12)15(19)20/h7-9,16H,5-6H2,1-4H3,(H,17,18)(H,19,20). The minimum atomic E-state index is -0.983. The fourth-order valence-corrected chi connectivity index (χ4v) is 1.85. The van der Waals surface area contributed by atoms with Crippen LogP contribution >= 0.6 is 0 Å². The van der Waals surface area contributed by atoms with Crippen LogP contribution in [0.5, 0.6) is 0 Å². The van der Waals surface area contributed by atoms with Crippen molar-refractivity contribution in [1.29, 1.82) is 0 Å². The van der Waals surface area contributed by atoms with Gasteiger partial charge in [-0.3, -0.25) is 4.79 Å². The van der Waals surface area contributed by atoms with Gasteiger partial charge in [-0.25, -0.2) is 4.79 Å². The summed E-state index contributed by atoms with van der Waals surface area (Å²) in [4.78, 5) is 22.9. The Balaban J connectivity index is 2.73. The van der Waals surface area contributed by atoms with Gasteiger partial charge in [-0.15, -0.1) is 0 Å². The van der Waals surface area contributed by atoms with Crippen molar-refractivity contribution in [3.63, 3.8) is 0 Å². The molecule has 5 heteroatoms. The lowest BCUT2D eigenvalue weighted by atomic mass is 10.0. The second kappa shape index (κ2) is 7.05. The number of carboxylic acid groups (broad SMARTS) is 1. The lowest BCUT2D eigenvalue weighted by molar-refractivity contribution is -0.116. The second-order valence-electron chi connectivity index (χ2n) is 5.18. The summed E-state index contributed by atoms with van der Waals surface area (Å²) in [6, 6.07) is 3.62. The van der Waals surface area contributed by atoms with Crippen LogP contribution in [-0.4, -0.2) is 29.6 Å². The minimum Gasteiger partial charge on any atom is -0.478 e. The first-order valence-corrected chi connectivity index (χ1v) is 6.69. The fourth-order valence-electron chi connectivity index (χ4n) is 1.85. The Hall–Kier alpha value is -1.88. The van der Waals surface area contributed by atoms with Crippen molar-refractivity contribution in [3.8, 4) is 0 Å². The molecule has 1 amide bonds. The summed E-state index contributed by atoms with van der Waals surface area (Å²) in [6.07, 6.45) is 0.355. The summed E-state index contributed by atoms with van der Waals surface area (Å²) in [6.45, 7) is 8.22. The maximum Gasteiger partial charge on any atom is 0.336 e. The minimum absolute atomic E-state index is 0.127. The summed E-state index contributed by atoms with van der Waals surface area (Å²) in [5, 5.41) is 15.0. The molecule has 20 heavy (non-hydrogen) atoms. The van der Waals surface area contributed by atoms with Gasteiger partial charge in [-0.05, 0) is 37.1 Å². The first-order valence-electron chi connectivity index (χ1n) is 6.69. The van der Waals surface area contributed by atoms with Crippen molar-refractivity contribution in [2.24, 2.45) is 0 Å². The molecule has 0 aliphatic rings. The summed E-state index contributed by atoms with van der Waals surface area (Å²) in [5.41, 5.74) is 2.32. The smallest absolute Gasteiger partial charge is 0.336 e. The normalized spacial score (nSPS) is 10.7. The molecule has 0 radical (unpaired) electrons. The number of carbonyl (C=O) groups is 2. The topological polar surface area (TPSA) is 78.4 Å². The first-order chi connectivity index (χ1) is 9.31. The van der Waals surface area contributed by atoms with E-state index in [1.54, 1.807) is 13.0 Å². The van der Waals surface area contributed by atoms with E-state index in [1.165, 1.54) is 6.07 Å². The highest BCUT2D eigenvalue weighted by Gasteiger charge is 2.12. The van der Waals surface area contributed by atoms with Crippen molar-refractivity contribution >= 4 is 17.6 Å². The van der Waals surface area contributed by atoms with Gasteiger partial charge in [0.25, 0.3) is 0 Å². The average Bonchev–Trinajstić information content (AvgIpc) is 2.32. The highest BCUT2D eigenvalue weighted by Crippen LogP contribution is 2.20. The van der Waals surface area contributed by atoms with Crippen molar-refractivity contribution in [3.05, 3.63) is 28.8 Å². The van der Waals surface area contributed by atoms with Crippen LogP contribution < -0.4 is 10.6 Å². The van der Waals surface area contributed by atoms with Crippen molar-refractivity contribution in [2.45, 2.75) is 40.2 Å². The molecule has 0 spiro atoms. The van der Waals surface area contributed by atoms with E-state index in [0.717, 1.165) is 11.1 Å². The first kappa shape index (κ1) is 16.2. The second-order valence-corrected chi connectivity index (χ2v) is 5.18. The zero-order valence-electron chi connectivity index (χ0n) is 12.4. The molecule has 1 aromatic rings.